The number of likely N-dealkylation sites (tertiary alicyclic amines) is 1. The SMILES string of the molecule is N#Cc1cccc(C(CN2CCC2)N2CCN(c3ncnc(N)c3-c3cn[nH]c3)CC2)c1. The van der Waals surface area contributed by atoms with Crippen molar-refractivity contribution >= 4 is 11.6 Å². The van der Waals surface area contributed by atoms with E-state index >= 15 is 0 Å². The largest absolute Gasteiger partial charge is 0.383 e. The Kier molecular flexibility index (Phi) is 5.71. The second-order valence-electron chi connectivity index (χ2n) is 8.37. The molecule has 1 aromatic carbocycles. The van der Waals surface area contributed by atoms with Crippen molar-refractivity contribution in [1.82, 2.24) is 30.0 Å². The second kappa shape index (κ2) is 8.94. The first-order valence-electron chi connectivity index (χ1n) is 11.0. The van der Waals surface area contributed by atoms with Crippen LogP contribution in [-0.2, 0) is 0 Å². The fraction of sp³-hybridized carbons (Fsp3) is 0.391. The van der Waals surface area contributed by atoms with Gasteiger partial charge in [-0.2, -0.15) is 10.4 Å². The first-order chi connectivity index (χ1) is 15.7. The summed E-state index contributed by atoms with van der Waals surface area (Å²) in [5, 5.41) is 16.3. The Morgan fingerprint density at radius 3 is 2.66 bits per heavy atom. The minimum absolute atomic E-state index is 0.273. The Morgan fingerprint density at radius 2 is 1.97 bits per heavy atom. The minimum Gasteiger partial charge on any atom is -0.383 e. The van der Waals surface area contributed by atoms with Crippen LogP contribution < -0.4 is 10.6 Å². The molecule has 32 heavy (non-hydrogen) atoms. The van der Waals surface area contributed by atoms with Gasteiger partial charge in [-0.05, 0) is 37.2 Å². The number of nitrogens with one attached hydrogen (secondary N) is 1. The zero-order chi connectivity index (χ0) is 21.9. The third kappa shape index (κ3) is 4.02. The molecule has 2 aliphatic rings. The first-order valence-corrected chi connectivity index (χ1v) is 11.0. The molecule has 1 unspecified atom stereocenters. The van der Waals surface area contributed by atoms with Crippen molar-refractivity contribution in [3.63, 3.8) is 0 Å². The predicted octanol–water partition coefficient (Wildman–Crippen LogP) is 1.89. The molecule has 0 radical (unpaired) electrons. The summed E-state index contributed by atoms with van der Waals surface area (Å²) in [6.07, 6.45) is 6.37. The Morgan fingerprint density at radius 1 is 1.12 bits per heavy atom. The average Bonchev–Trinajstić information content (AvgIpc) is 3.33. The van der Waals surface area contributed by atoms with Crippen molar-refractivity contribution in [1.29, 1.82) is 5.26 Å². The highest BCUT2D eigenvalue weighted by molar-refractivity contribution is 5.83. The van der Waals surface area contributed by atoms with Gasteiger partial charge in [0.15, 0.2) is 0 Å². The summed E-state index contributed by atoms with van der Waals surface area (Å²) in [6, 6.07) is 10.6. The van der Waals surface area contributed by atoms with E-state index in [1.807, 2.05) is 24.4 Å². The molecule has 0 spiro atoms. The summed E-state index contributed by atoms with van der Waals surface area (Å²) in [5.74, 6) is 1.31. The maximum atomic E-state index is 9.37. The molecule has 9 nitrogen and oxygen atoms in total. The van der Waals surface area contributed by atoms with Gasteiger partial charge in [0, 0.05) is 50.5 Å². The Hall–Kier alpha value is -3.48. The molecule has 9 heteroatoms. The highest BCUT2D eigenvalue weighted by Gasteiger charge is 2.30. The van der Waals surface area contributed by atoms with E-state index in [-0.39, 0.29) is 6.04 Å². The monoisotopic (exact) mass is 429 g/mol. The van der Waals surface area contributed by atoms with E-state index in [0.717, 1.165) is 68.3 Å². The van der Waals surface area contributed by atoms with Gasteiger partial charge in [-0.3, -0.25) is 10.00 Å². The van der Waals surface area contributed by atoms with Crippen molar-refractivity contribution in [3.05, 3.63) is 54.1 Å². The van der Waals surface area contributed by atoms with E-state index in [1.165, 1.54) is 18.3 Å². The Balaban J connectivity index is 1.36. The number of hydrogen-bond donors (Lipinski definition) is 2. The number of H-pyrrole nitrogens is 1. The lowest BCUT2D eigenvalue weighted by molar-refractivity contribution is 0.0966. The van der Waals surface area contributed by atoms with Crippen LogP contribution in [0.4, 0.5) is 11.6 Å². The van der Waals surface area contributed by atoms with Crippen molar-refractivity contribution in [2.75, 3.05) is 56.4 Å². The van der Waals surface area contributed by atoms with Crippen LogP contribution in [0, 0.1) is 11.3 Å². The molecule has 2 saturated heterocycles. The number of nitriles is 1. The van der Waals surface area contributed by atoms with E-state index in [1.54, 1.807) is 6.20 Å². The first kappa shape index (κ1) is 20.4. The molecule has 164 valence electrons. The maximum Gasteiger partial charge on any atom is 0.142 e. The van der Waals surface area contributed by atoms with Crippen LogP contribution in [0.5, 0.6) is 0 Å². The number of anilines is 2. The van der Waals surface area contributed by atoms with Crippen LogP contribution in [-0.4, -0.2) is 75.8 Å². The Bertz CT molecular complexity index is 1090. The van der Waals surface area contributed by atoms with E-state index in [0.29, 0.717) is 5.82 Å². The summed E-state index contributed by atoms with van der Waals surface area (Å²) in [7, 11) is 0. The number of nitrogens with two attached hydrogens (primary N) is 1. The van der Waals surface area contributed by atoms with E-state index in [9.17, 15) is 5.26 Å². The average molecular weight is 430 g/mol. The molecule has 0 bridgehead atoms. The highest BCUT2D eigenvalue weighted by Crippen LogP contribution is 2.34. The summed E-state index contributed by atoms with van der Waals surface area (Å²) < 4.78 is 0. The summed E-state index contributed by atoms with van der Waals surface area (Å²) >= 11 is 0. The fourth-order valence-electron chi connectivity index (χ4n) is 4.60. The lowest BCUT2D eigenvalue weighted by Gasteiger charge is -2.43. The number of benzene rings is 1. The zero-order valence-corrected chi connectivity index (χ0v) is 18.0. The summed E-state index contributed by atoms with van der Waals surface area (Å²) in [5.41, 5.74) is 9.87. The molecular weight excluding hydrogens is 402 g/mol. The topological polar surface area (TPSA) is 114 Å². The molecule has 2 fully saturated rings. The van der Waals surface area contributed by atoms with Gasteiger partial charge in [-0.25, -0.2) is 9.97 Å². The number of aromatic amines is 1. The van der Waals surface area contributed by atoms with Gasteiger partial charge in [0.05, 0.1) is 23.4 Å². The van der Waals surface area contributed by atoms with Gasteiger partial charge in [0.2, 0.25) is 0 Å². The molecule has 1 atom stereocenters. The molecular formula is C23H27N9. The van der Waals surface area contributed by atoms with Crippen LogP contribution in [0.1, 0.15) is 23.6 Å². The number of nitrogen functional groups attached to an aromatic ring is 1. The van der Waals surface area contributed by atoms with Gasteiger partial charge in [-0.1, -0.05) is 12.1 Å². The van der Waals surface area contributed by atoms with Crippen LogP contribution in [0.3, 0.4) is 0 Å². The van der Waals surface area contributed by atoms with Crippen molar-refractivity contribution < 1.29 is 0 Å². The zero-order valence-electron chi connectivity index (χ0n) is 18.0. The van der Waals surface area contributed by atoms with Crippen molar-refractivity contribution in [2.24, 2.45) is 0 Å². The summed E-state index contributed by atoms with van der Waals surface area (Å²) in [6.45, 7) is 6.81. The molecule has 0 amide bonds. The molecule has 2 aliphatic heterocycles. The molecule has 5 rings (SSSR count). The van der Waals surface area contributed by atoms with Gasteiger partial charge in [0.25, 0.3) is 0 Å². The Labute approximate surface area is 187 Å². The minimum atomic E-state index is 0.273. The predicted molar refractivity (Wildman–Crippen MR) is 123 cm³/mol. The molecule has 2 aromatic heterocycles. The lowest BCUT2D eigenvalue weighted by Crippen LogP contribution is -2.51. The van der Waals surface area contributed by atoms with Crippen LogP contribution in [0.25, 0.3) is 11.1 Å². The lowest BCUT2D eigenvalue weighted by atomic mass is 10.00. The molecule has 0 saturated carbocycles. The van der Waals surface area contributed by atoms with Crippen LogP contribution >= 0.6 is 0 Å². The van der Waals surface area contributed by atoms with Gasteiger partial charge < -0.3 is 15.5 Å². The smallest absolute Gasteiger partial charge is 0.142 e. The standard InChI is InChI=1S/C23H27N9/c24-12-17-3-1-4-18(11-17)20(15-30-5-2-6-30)31-7-9-32(10-8-31)23-21(19-13-28-29-14-19)22(25)26-16-27-23/h1,3-4,11,13-14,16,20H,2,5-10,15H2,(H,28,29)(H2,25,26,27). The third-order valence-corrected chi connectivity index (χ3v) is 6.48. The number of hydrogen-bond acceptors (Lipinski definition) is 8. The van der Waals surface area contributed by atoms with E-state index in [4.69, 9.17) is 5.73 Å². The second-order valence-corrected chi connectivity index (χ2v) is 8.37. The number of nitrogens with zero attached hydrogens (tertiary/aromatic N) is 7. The third-order valence-electron chi connectivity index (χ3n) is 6.48. The van der Waals surface area contributed by atoms with Gasteiger partial charge in [0.1, 0.15) is 18.0 Å². The number of rotatable bonds is 6. The van der Waals surface area contributed by atoms with Crippen molar-refractivity contribution in [3.8, 4) is 17.2 Å². The van der Waals surface area contributed by atoms with Gasteiger partial charge >= 0.3 is 0 Å². The van der Waals surface area contributed by atoms with E-state index < -0.39 is 0 Å². The quantitative estimate of drug-likeness (QED) is 0.611. The normalized spacial score (nSPS) is 18.2. The molecule has 3 aromatic rings. The molecule has 0 aliphatic carbocycles. The maximum absolute atomic E-state index is 9.37. The van der Waals surface area contributed by atoms with Crippen LogP contribution in [0.2, 0.25) is 0 Å². The molecule has 4 heterocycles. The number of piperazine rings is 1. The van der Waals surface area contributed by atoms with E-state index in [2.05, 4.69) is 47.0 Å². The number of aromatic nitrogens is 4. The summed E-state index contributed by atoms with van der Waals surface area (Å²) in [4.78, 5) is 16.1. The van der Waals surface area contributed by atoms with Crippen LogP contribution in [0.15, 0.2) is 43.0 Å². The fourth-order valence-corrected chi connectivity index (χ4v) is 4.60. The molecule has 3 N–H and O–H groups in total. The van der Waals surface area contributed by atoms with Gasteiger partial charge in [-0.15, -0.1) is 0 Å². The highest BCUT2D eigenvalue weighted by atomic mass is 15.3. The van der Waals surface area contributed by atoms with Crippen molar-refractivity contribution in [2.45, 2.75) is 12.5 Å².